The molecule has 1 N–H and O–H groups in total. The number of halogens is 3. The van der Waals surface area contributed by atoms with Crippen molar-refractivity contribution in [2.45, 2.75) is 63.6 Å². The van der Waals surface area contributed by atoms with Gasteiger partial charge < -0.3 is 10.0 Å². The average molecular weight is 295 g/mol. The SMILES string of the molecule is O=C(O)CCN(C(=O)C(F)(F)F)C1CCCCCCC1. The van der Waals surface area contributed by atoms with Gasteiger partial charge in [-0.25, -0.2) is 0 Å². The Kier molecular flexibility index (Phi) is 6.29. The summed E-state index contributed by atoms with van der Waals surface area (Å²) in [6.07, 6.45) is 0.142. The van der Waals surface area contributed by atoms with Gasteiger partial charge in [0.15, 0.2) is 0 Å². The summed E-state index contributed by atoms with van der Waals surface area (Å²) in [5.74, 6) is -3.11. The van der Waals surface area contributed by atoms with Gasteiger partial charge in [-0.3, -0.25) is 9.59 Å². The zero-order valence-electron chi connectivity index (χ0n) is 11.3. The number of amides is 1. The maximum absolute atomic E-state index is 12.6. The van der Waals surface area contributed by atoms with E-state index in [1.165, 1.54) is 0 Å². The van der Waals surface area contributed by atoms with E-state index in [4.69, 9.17) is 5.11 Å². The van der Waals surface area contributed by atoms with E-state index in [9.17, 15) is 22.8 Å². The van der Waals surface area contributed by atoms with Gasteiger partial charge in [0.05, 0.1) is 6.42 Å². The number of aliphatic carboxylic acids is 1. The van der Waals surface area contributed by atoms with Crippen LogP contribution >= 0.6 is 0 Å². The van der Waals surface area contributed by atoms with Crippen LogP contribution in [0.25, 0.3) is 0 Å². The lowest BCUT2D eigenvalue weighted by Gasteiger charge is -2.33. The molecule has 0 aromatic rings. The Morgan fingerprint density at radius 3 is 2.00 bits per heavy atom. The second-order valence-corrected chi connectivity index (χ2v) is 5.14. The van der Waals surface area contributed by atoms with E-state index in [0.29, 0.717) is 12.8 Å². The van der Waals surface area contributed by atoms with Crippen LogP contribution in [0.1, 0.15) is 51.4 Å². The van der Waals surface area contributed by atoms with Gasteiger partial charge in [0.25, 0.3) is 0 Å². The normalized spacial score (nSPS) is 18.1. The zero-order chi connectivity index (χ0) is 15.2. The summed E-state index contributed by atoms with van der Waals surface area (Å²) < 4.78 is 37.9. The van der Waals surface area contributed by atoms with Crippen molar-refractivity contribution in [1.82, 2.24) is 4.90 Å². The van der Waals surface area contributed by atoms with Gasteiger partial charge in [-0.1, -0.05) is 32.1 Å². The van der Waals surface area contributed by atoms with Crippen LogP contribution in [0.15, 0.2) is 0 Å². The number of alkyl halides is 3. The van der Waals surface area contributed by atoms with Crippen molar-refractivity contribution in [3.05, 3.63) is 0 Å². The maximum atomic E-state index is 12.6. The Bertz CT molecular complexity index is 336. The number of carboxylic acid groups (broad SMARTS) is 1. The molecule has 0 radical (unpaired) electrons. The number of nitrogens with zero attached hydrogens (tertiary/aromatic N) is 1. The second kappa shape index (κ2) is 7.50. The van der Waals surface area contributed by atoms with Crippen LogP contribution in [0.5, 0.6) is 0 Å². The van der Waals surface area contributed by atoms with Crippen LogP contribution in [-0.4, -0.2) is 40.6 Å². The fourth-order valence-corrected chi connectivity index (χ4v) is 2.58. The summed E-state index contributed by atoms with van der Waals surface area (Å²) in [6.45, 7) is -0.377. The molecule has 20 heavy (non-hydrogen) atoms. The van der Waals surface area contributed by atoms with Gasteiger partial charge in [-0.05, 0) is 12.8 Å². The zero-order valence-corrected chi connectivity index (χ0v) is 11.3. The van der Waals surface area contributed by atoms with Crippen LogP contribution < -0.4 is 0 Å². The molecule has 1 rings (SSSR count). The van der Waals surface area contributed by atoms with Crippen molar-refractivity contribution in [3.8, 4) is 0 Å². The molecule has 0 aromatic carbocycles. The molecule has 0 unspecified atom stereocenters. The number of hydrogen-bond acceptors (Lipinski definition) is 2. The number of rotatable bonds is 4. The monoisotopic (exact) mass is 295 g/mol. The minimum atomic E-state index is -4.94. The molecule has 0 saturated heterocycles. The highest BCUT2D eigenvalue weighted by atomic mass is 19.4. The van der Waals surface area contributed by atoms with Gasteiger partial charge in [0.1, 0.15) is 0 Å². The third kappa shape index (κ3) is 5.38. The van der Waals surface area contributed by atoms with Crippen LogP contribution in [0.2, 0.25) is 0 Å². The van der Waals surface area contributed by atoms with Crippen molar-refractivity contribution < 1.29 is 27.9 Å². The van der Waals surface area contributed by atoms with E-state index >= 15 is 0 Å². The van der Waals surface area contributed by atoms with Crippen molar-refractivity contribution >= 4 is 11.9 Å². The largest absolute Gasteiger partial charge is 0.481 e. The van der Waals surface area contributed by atoms with Gasteiger partial charge in [0, 0.05) is 12.6 Å². The molecular formula is C13H20F3NO3. The standard InChI is InChI=1S/C13H20F3NO3/c14-13(15,16)12(20)17(9-8-11(18)19)10-6-4-2-1-3-5-7-10/h10H,1-9H2,(H,18,19). The van der Waals surface area contributed by atoms with Crippen LogP contribution in [0, 0.1) is 0 Å². The lowest BCUT2D eigenvalue weighted by Crippen LogP contribution is -2.48. The van der Waals surface area contributed by atoms with E-state index in [0.717, 1.165) is 37.0 Å². The molecule has 1 fully saturated rings. The highest BCUT2D eigenvalue weighted by Gasteiger charge is 2.44. The number of hydrogen-bond donors (Lipinski definition) is 1. The lowest BCUT2D eigenvalue weighted by molar-refractivity contribution is -0.188. The Morgan fingerprint density at radius 1 is 1.05 bits per heavy atom. The summed E-state index contributed by atoms with van der Waals surface area (Å²) in [6, 6.07) is -0.497. The van der Waals surface area contributed by atoms with Crippen molar-refractivity contribution in [3.63, 3.8) is 0 Å². The van der Waals surface area contributed by atoms with Crippen LogP contribution in [0.4, 0.5) is 13.2 Å². The van der Waals surface area contributed by atoms with E-state index in [2.05, 4.69) is 0 Å². The highest BCUT2D eigenvalue weighted by molar-refractivity contribution is 5.82. The maximum Gasteiger partial charge on any atom is 0.471 e. The molecule has 116 valence electrons. The number of carbonyl (C=O) groups is 2. The molecule has 0 spiro atoms. The van der Waals surface area contributed by atoms with Crippen molar-refractivity contribution in [2.75, 3.05) is 6.54 Å². The first-order valence-corrected chi connectivity index (χ1v) is 6.92. The van der Waals surface area contributed by atoms with Crippen LogP contribution in [-0.2, 0) is 9.59 Å². The molecular weight excluding hydrogens is 275 g/mol. The Labute approximate surface area is 115 Å². The Balaban J connectivity index is 2.78. The highest BCUT2D eigenvalue weighted by Crippen LogP contribution is 2.26. The fraction of sp³-hybridized carbons (Fsp3) is 0.846. The molecule has 4 nitrogen and oxygen atoms in total. The third-order valence-electron chi connectivity index (χ3n) is 3.59. The molecule has 1 amide bonds. The van der Waals surface area contributed by atoms with Crippen molar-refractivity contribution in [2.24, 2.45) is 0 Å². The van der Waals surface area contributed by atoms with Crippen molar-refractivity contribution in [1.29, 1.82) is 0 Å². The summed E-state index contributed by atoms with van der Waals surface area (Å²) in [4.78, 5) is 22.8. The minimum absolute atomic E-state index is 0.377. The fourth-order valence-electron chi connectivity index (χ4n) is 2.58. The molecule has 0 heterocycles. The molecule has 0 bridgehead atoms. The van der Waals surface area contributed by atoms with E-state index in [-0.39, 0.29) is 6.54 Å². The summed E-state index contributed by atoms with van der Waals surface area (Å²) in [7, 11) is 0. The summed E-state index contributed by atoms with van der Waals surface area (Å²) in [5, 5.41) is 8.63. The smallest absolute Gasteiger partial charge is 0.471 e. The molecule has 1 aliphatic rings. The van der Waals surface area contributed by atoms with Crippen LogP contribution in [0.3, 0.4) is 0 Å². The number of carbonyl (C=O) groups excluding carboxylic acids is 1. The minimum Gasteiger partial charge on any atom is -0.481 e. The van der Waals surface area contributed by atoms with E-state index < -0.39 is 30.5 Å². The van der Waals surface area contributed by atoms with Gasteiger partial charge in [-0.15, -0.1) is 0 Å². The Hall–Kier alpha value is -1.27. The summed E-state index contributed by atoms with van der Waals surface area (Å²) >= 11 is 0. The van der Waals surface area contributed by atoms with E-state index in [1.807, 2.05) is 0 Å². The first-order valence-electron chi connectivity index (χ1n) is 6.92. The molecule has 0 aliphatic heterocycles. The first kappa shape index (κ1) is 16.8. The molecule has 1 saturated carbocycles. The molecule has 0 aromatic heterocycles. The summed E-state index contributed by atoms with van der Waals surface area (Å²) in [5.41, 5.74) is 0. The Morgan fingerprint density at radius 2 is 1.55 bits per heavy atom. The lowest BCUT2D eigenvalue weighted by atomic mass is 9.95. The average Bonchev–Trinajstić information content (AvgIpc) is 2.29. The first-order chi connectivity index (χ1) is 9.32. The number of carboxylic acids is 1. The predicted molar refractivity (Wildman–Crippen MR) is 66.1 cm³/mol. The van der Waals surface area contributed by atoms with Gasteiger partial charge in [-0.2, -0.15) is 13.2 Å². The van der Waals surface area contributed by atoms with E-state index in [1.54, 1.807) is 0 Å². The van der Waals surface area contributed by atoms with Gasteiger partial charge in [0.2, 0.25) is 0 Å². The predicted octanol–water partition coefficient (Wildman–Crippen LogP) is 2.96. The third-order valence-corrected chi connectivity index (χ3v) is 3.59. The topological polar surface area (TPSA) is 57.6 Å². The van der Waals surface area contributed by atoms with Gasteiger partial charge >= 0.3 is 18.1 Å². The quantitative estimate of drug-likeness (QED) is 0.867. The second-order valence-electron chi connectivity index (χ2n) is 5.14. The molecule has 0 atom stereocenters. The molecule has 7 heteroatoms. The molecule has 1 aliphatic carbocycles.